The Morgan fingerprint density at radius 3 is 2.47 bits per heavy atom. The molecule has 0 aromatic rings. The third kappa shape index (κ3) is 7.93. The number of carbonyl (C=O) groups is 1. The predicted octanol–water partition coefficient (Wildman–Crippen LogP) is 0.596. The lowest BCUT2D eigenvalue weighted by atomic mass is 10.1. The number of rotatable bonds is 8. The first kappa shape index (κ1) is 16.1. The second-order valence-corrected chi connectivity index (χ2v) is 6.36. The fraction of sp³-hybridized carbons (Fsp3) is 0.727. The van der Waals surface area contributed by atoms with Gasteiger partial charge in [0.15, 0.2) is 0 Å². The lowest BCUT2D eigenvalue weighted by Gasteiger charge is -2.17. The van der Waals surface area contributed by atoms with Crippen molar-refractivity contribution in [2.45, 2.75) is 20.3 Å². The number of carbonyl (C=O) groups excluding carboxylic acids is 1. The van der Waals surface area contributed by atoms with Crippen LogP contribution >= 0.6 is 0 Å². The van der Waals surface area contributed by atoms with E-state index < -0.39 is 10.0 Å². The first-order valence-electron chi connectivity index (χ1n) is 5.60. The van der Waals surface area contributed by atoms with Gasteiger partial charge in [0.2, 0.25) is 15.9 Å². The number of sulfonamides is 1. The molecule has 0 fully saturated rings. The van der Waals surface area contributed by atoms with Crippen molar-refractivity contribution in [3.05, 3.63) is 12.7 Å². The molecule has 1 amide bonds. The zero-order valence-corrected chi connectivity index (χ0v) is 11.6. The van der Waals surface area contributed by atoms with Crippen LogP contribution in [0.15, 0.2) is 12.7 Å². The van der Waals surface area contributed by atoms with Gasteiger partial charge in [-0.15, -0.1) is 6.58 Å². The Kier molecular flexibility index (Phi) is 7.06. The number of nitrogens with one attached hydrogen (secondary N) is 1. The maximum Gasteiger partial charge on any atom is 0.235 e. The molecule has 0 radical (unpaired) electrons. The van der Waals surface area contributed by atoms with Gasteiger partial charge >= 0.3 is 0 Å². The van der Waals surface area contributed by atoms with Crippen molar-refractivity contribution in [1.29, 1.82) is 0 Å². The Labute approximate surface area is 104 Å². The third-order valence-corrected chi connectivity index (χ3v) is 3.38. The first-order chi connectivity index (χ1) is 7.77. The highest BCUT2D eigenvalue weighted by atomic mass is 32.2. The van der Waals surface area contributed by atoms with Crippen molar-refractivity contribution < 1.29 is 13.2 Å². The third-order valence-electron chi connectivity index (χ3n) is 2.17. The Hall–Kier alpha value is -0.880. The molecule has 0 aliphatic carbocycles. The van der Waals surface area contributed by atoms with Crippen LogP contribution in [0.1, 0.15) is 20.3 Å². The van der Waals surface area contributed by atoms with E-state index in [1.807, 2.05) is 0 Å². The largest absolute Gasteiger partial charge is 0.355 e. The van der Waals surface area contributed by atoms with Crippen LogP contribution in [0.25, 0.3) is 0 Å². The van der Waals surface area contributed by atoms with Crippen LogP contribution in [-0.2, 0) is 14.8 Å². The van der Waals surface area contributed by atoms with E-state index in [0.29, 0.717) is 12.5 Å². The van der Waals surface area contributed by atoms with E-state index in [-0.39, 0.29) is 19.0 Å². The molecule has 0 aromatic carbocycles. The summed E-state index contributed by atoms with van der Waals surface area (Å²) in [5.74, 6) is 0.229. The second kappa shape index (κ2) is 7.45. The van der Waals surface area contributed by atoms with Gasteiger partial charge in [0.25, 0.3) is 0 Å². The van der Waals surface area contributed by atoms with Crippen LogP contribution in [0.4, 0.5) is 0 Å². The van der Waals surface area contributed by atoms with Crippen LogP contribution in [0.2, 0.25) is 0 Å². The highest BCUT2D eigenvalue weighted by Crippen LogP contribution is 1.99. The molecule has 0 unspecified atom stereocenters. The Bertz CT molecular complexity index is 350. The zero-order valence-electron chi connectivity index (χ0n) is 10.8. The zero-order chi connectivity index (χ0) is 13.5. The van der Waals surface area contributed by atoms with Crippen LogP contribution in [0.5, 0.6) is 0 Å². The lowest BCUT2D eigenvalue weighted by Crippen LogP contribution is -2.40. The smallest absolute Gasteiger partial charge is 0.235 e. The number of hydrogen-bond acceptors (Lipinski definition) is 3. The molecule has 0 aliphatic rings. The minimum atomic E-state index is -3.36. The molecule has 5 nitrogen and oxygen atoms in total. The Morgan fingerprint density at radius 2 is 2.06 bits per heavy atom. The minimum absolute atomic E-state index is 0.149. The summed E-state index contributed by atoms with van der Waals surface area (Å²) < 4.78 is 23.8. The van der Waals surface area contributed by atoms with Gasteiger partial charge in [-0.05, 0) is 12.3 Å². The molecule has 0 saturated heterocycles. The molecule has 17 heavy (non-hydrogen) atoms. The monoisotopic (exact) mass is 262 g/mol. The maximum atomic E-state index is 11.5. The van der Waals surface area contributed by atoms with Crippen LogP contribution in [0.3, 0.4) is 0 Å². The molecule has 0 aliphatic heterocycles. The summed E-state index contributed by atoms with van der Waals surface area (Å²) in [5.41, 5.74) is 0. The van der Waals surface area contributed by atoms with Crippen LogP contribution in [0, 0.1) is 5.92 Å². The molecule has 0 atom stereocenters. The van der Waals surface area contributed by atoms with E-state index in [1.54, 1.807) is 0 Å². The average molecular weight is 262 g/mol. The van der Waals surface area contributed by atoms with E-state index in [1.165, 1.54) is 6.08 Å². The normalized spacial score (nSPS) is 11.8. The summed E-state index contributed by atoms with van der Waals surface area (Å²) in [6.07, 6.45) is 3.42. The summed E-state index contributed by atoms with van der Waals surface area (Å²) in [6, 6.07) is 0. The van der Waals surface area contributed by atoms with Crippen molar-refractivity contribution in [3.63, 3.8) is 0 Å². The van der Waals surface area contributed by atoms with E-state index in [0.717, 1.165) is 17.0 Å². The van der Waals surface area contributed by atoms with Gasteiger partial charge in [-0.25, -0.2) is 8.42 Å². The van der Waals surface area contributed by atoms with E-state index in [2.05, 4.69) is 25.7 Å². The fourth-order valence-corrected chi connectivity index (χ4v) is 1.91. The highest BCUT2D eigenvalue weighted by Gasteiger charge is 2.18. The van der Waals surface area contributed by atoms with Crippen molar-refractivity contribution in [2.24, 2.45) is 5.92 Å². The summed E-state index contributed by atoms with van der Waals surface area (Å²) in [6.45, 7) is 8.16. The molecule has 0 aromatic heterocycles. The average Bonchev–Trinajstić information content (AvgIpc) is 2.15. The van der Waals surface area contributed by atoms with Crippen LogP contribution < -0.4 is 5.32 Å². The SMILES string of the molecule is C=CCN(CC(=O)NCCC(C)C)S(C)(=O)=O. The summed E-state index contributed by atoms with van der Waals surface area (Å²) >= 11 is 0. The lowest BCUT2D eigenvalue weighted by molar-refractivity contribution is -0.121. The van der Waals surface area contributed by atoms with E-state index >= 15 is 0 Å². The quantitative estimate of drug-likeness (QED) is 0.651. The first-order valence-corrected chi connectivity index (χ1v) is 7.45. The molecule has 0 rings (SSSR count). The van der Waals surface area contributed by atoms with Gasteiger partial charge < -0.3 is 5.32 Å². The number of nitrogens with zero attached hydrogens (tertiary/aromatic N) is 1. The van der Waals surface area contributed by atoms with Gasteiger partial charge in [0.05, 0.1) is 12.8 Å². The van der Waals surface area contributed by atoms with E-state index in [4.69, 9.17) is 0 Å². The predicted molar refractivity (Wildman–Crippen MR) is 69.1 cm³/mol. The summed E-state index contributed by atoms with van der Waals surface area (Å²) in [4.78, 5) is 11.5. The number of hydrogen-bond donors (Lipinski definition) is 1. The fourth-order valence-electron chi connectivity index (χ4n) is 1.18. The molecule has 0 spiro atoms. The topological polar surface area (TPSA) is 66.5 Å². The van der Waals surface area contributed by atoms with Crippen molar-refractivity contribution in [3.8, 4) is 0 Å². The summed E-state index contributed by atoms with van der Waals surface area (Å²) in [7, 11) is -3.36. The molecule has 1 N–H and O–H groups in total. The Morgan fingerprint density at radius 1 is 1.47 bits per heavy atom. The van der Waals surface area contributed by atoms with Crippen molar-refractivity contribution in [1.82, 2.24) is 9.62 Å². The minimum Gasteiger partial charge on any atom is -0.355 e. The van der Waals surface area contributed by atoms with Gasteiger partial charge in [0, 0.05) is 13.1 Å². The number of amides is 1. The Balaban J connectivity index is 4.18. The molecule has 6 heteroatoms. The highest BCUT2D eigenvalue weighted by molar-refractivity contribution is 7.88. The van der Waals surface area contributed by atoms with E-state index in [9.17, 15) is 13.2 Å². The molecular formula is C11H22N2O3S. The van der Waals surface area contributed by atoms with Crippen LogP contribution in [-0.4, -0.2) is 44.5 Å². The second-order valence-electron chi connectivity index (χ2n) is 4.38. The van der Waals surface area contributed by atoms with Gasteiger partial charge in [-0.2, -0.15) is 4.31 Å². The maximum absolute atomic E-state index is 11.5. The van der Waals surface area contributed by atoms with Gasteiger partial charge in [-0.3, -0.25) is 4.79 Å². The van der Waals surface area contributed by atoms with Gasteiger partial charge in [-0.1, -0.05) is 19.9 Å². The molecule has 0 saturated carbocycles. The summed E-state index contributed by atoms with van der Waals surface area (Å²) in [5, 5.41) is 2.70. The van der Waals surface area contributed by atoms with Crippen molar-refractivity contribution in [2.75, 3.05) is 25.9 Å². The van der Waals surface area contributed by atoms with Crippen molar-refractivity contribution >= 4 is 15.9 Å². The standard InChI is InChI=1S/C11H22N2O3S/c1-5-8-13(17(4,15)16)9-11(14)12-7-6-10(2)3/h5,10H,1,6-9H2,2-4H3,(H,12,14). The molecule has 0 bridgehead atoms. The van der Waals surface area contributed by atoms with Gasteiger partial charge in [0.1, 0.15) is 0 Å². The molecular weight excluding hydrogens is 240 g/mol. The molecule has 0 heterocycles. The molecule has 100 valence electrons.